The van der Waals surface area contributed by atoms with Gasteiger partial charge in [0.2, 0.25) is 17.8 Å². The Balaban J connectivity index is 1.34. The smallest absolute Gasteiger partial charge is 0.254 e. The molecule has 2 aliphatic rings. The van der Waals surface area contributed by atoms with Gasteiger partial charge < -0.3 is 20.3 Å². The summed E-state index contributed by atoms with van der Waals surface area (Å²) >= 11 is 0. The molecule has 2 aromatic heterocycles. The Hall–Kier alpha value is -3.99. The van der Waals surface area contributed by atoms with Gasteiger partial charge in [-0.05, 0) is 50.7 Å². The number of likely N-dealkylation sites (N-methyl/N-ethyl adjacent to an activating group) is 1. The number of rotatable bonds is 10. The highest BCUT2D eigenvalue weighted by molar-refractivity contribution is 6.15. The van der Waals surface area contributed by atoms with Crippen LogP contribution in [0.25, 0.3) is 11.7 Å². The van der Waals surface area contributed by atoms with Gasteiger partial charge in [-0.15, -0.1) is 0 Å². The van der Waals surface area contributed by atoms with Crippen molar-refractivity contribution in [2.24, 2.45) is 0 Å². The first-order valence-corrected chi connectivity index (χ1v) is 11.6. The maximum atomic E-state index is 12.0. The minimum absolute atomic E-state index is 0.0500. The molecule has 0 unspecified atom stereocenters. The summed E-state index contributed by atoms with van der Waals surface area (Å²) in [5.41, 5.74) is 2.65. The Morgan fingerprint density at radius 3 is 2.69 bits per heavy atom. The average molecular weight is 477 g/mol. The summed E-state index contributed by atoms with van der Waals surface area (Å²) in [6.45, 7) is 2.02. The first-order chi connectivity index (χ1) is 16.9. The van der Waals surface area contributed by atoms with E-state index in [-0.39, 0.29) is 18.2 Å². The molecule has 1 aliphatic carbocycles. The Morgan fingerprint density at radius 1 is 1.20 bits per heavy atom. The quantitative estimate of drug-likeness (QED) is 0.296. The lowest BCUT2D eigenvalue weighted by molar-refractivity contribution is -0.124. The molecule has 0 atom stereocenters. The van der Waals surface area contributed by atoms with E-state index < -0.39 is 0 Å². The number of nitrogens with zero attached hydrogens (tertiary/aromatic N) is 5. The monoisotopic (exact) mass is 476 g/mol. The van der Waals surface area contributed by atoms with E-state index in [9.17, 15) is 9.59 Å². The van der Waals surface area contributed by atoms with Crippen LogP contribution in [0.2, 0.25) is 0 Å². The van der Waals surface area contributed by atoms with Crippen LogP contribution < -0.4 is 20.7 Å². The number of amides is 2. The van der Waals surface area contributed by atoms with E-state index >= 15 is 0 Å². The molecule has 0 radical (unpaired) electrons. The molecule has 5 rings (SSSR count). The molecule has 35 heavy (non-hydrogen) atoms. The fourth-order valence-electron chi connectivity index (χ4n) is 3.62. The zero-order valence-corrected chi connectivity index (χ0v) is 19.7. The van der Waals surface area contributed by atoms with Crippen molar-refractivity contribution in [2.45, 2.75) is 31.8 Å². The van der Waals surface area contributed by atoms with Gasteiger partial charge in [0.05, 0.1) is 12.6 Å². The van der Waals surface area contributed by atoms with Crippen LogP contribution >= 0.6 is 0 Å². The van der Waals surface area contributed by atoms with Gasteiger partial charge in [-0.3, -0.25) is 14.9 Å². The molecule has 11 heteroatoms. The first-order valence-electron chi connectivity index (χ1n) is 11.6. The summed E-state index contributed by atoms with van der Waals surface area (Å²) in [5.74, 6) is 1.17. The van der Waals surface area contributed by atoms with Gasteiger partial charge in [0.15, 0.2) is 5.65 Å². The number of carbonyl (C=O) groups is 2. The molecule has 3 aromatic rings. The average Bonchev–Trinajstić information content (AvgIpc) is 3.46. The number of imide groups is 1. The van der Waals surface area contributed by atoms with Gasteiger partial charge in [0.1, 0.15) is 12.4 Å². The number of ether oxygens (including phenoxy) is 1. The van der Waals surface area contributed by atoms with Crippen LogP contribution in [0.15, 0.2) is 36.0 Å². The lowest BCUT2D eigenvalue weighted by Crippen LogP contribution is -2.19. The summed E-state index contributed by atoms with van der Waals surface area (Å²) in [4.78, 5) is 34.9. The number of carbonyl (C=O) groups excluding carboxylic acids is 2. The summed E-state index contributed by atoms with van der Waals surface area (Å²) in [5, 5.41) is 13.4. The van der Waals surface area contributed by atoms with Crippen molar-refractivity contribution < 1.29 is 14.3 Å². The summed E-state index contributed by atoms with van der Waals surface area (Å²) in [6.07, 6.45) is 5.50. The molecule has 3 heterocycles. The molecule has 3 N–H and O–H groups in total. The van der Waals surface area contributed by atoms with Crippen molar-refractivity contribution in [1.29, 1.82) is 0 Å². The second-order valence-corrected chi connectivity index (χ2v) is 9.00. The van der Waals surface area contributed by atoms with Crippen LogP contribution in [0, 0.1) is 0 Å². The van der Waals surface area contributed by atoms with E-state index in [1.54, 1.807) is 16.8 Å². The summed E-state index contributed by atoms with van der Waals surface area (Å²) < 4.78 is 7.38. The highest BCUT2D eigenvalue weighted by Crippen LogP contribution is 2.26. The van der Waals surface area contributed by atoms with Gasteiger partial charge in [-0.1, -0.05) is 12.1 Å². The van der Waals surface area contributed by atoms with Crippen LogP contribution in [0.4, 0.5) is 11.9 Å². The van der Waals surface area contributed by atoms with Crippen molar-refractivity contribution in [1.82, 2.24) is 29.8 Å². The molecule has 2 fully saturated rings. The number of aromatic nitrogens is 4. The largest absolute Gasteiger partial charge is 0.492 e. The van der Waals surface area contributed by atoms with Crippen molar-refractivity contribution in [2.75, 3.05) is 37.9 Å². The number of nitrogens with one attached hydrogen (secondary N) is 3. The first kappa shape index (κ1) is 22.8. The molecule has 1 aromatic carbocycles. The zero-order valence-electron chi connectivity index (χ0n) is 19.7. The van der Waals surface area contributed by atoms with Gasteiger partial charge in [0.25, 0.3) is 5.91 Å². The Labute approximate surface area is 202 Å². The van der Waals surface area contributed by atoms with E-state index in [1.807, 2.05) is 38.4 Å². The number of hydrogen-bond acceptors (Lipinski definition) is 9. The van der Waals surface area contributed by atoms with Gasteiger partial charge in [-0.2, -0.15) is 19.6 Å². The van der Waals surface area contributed by atoms with E-state index in [0.29, 0.717) is 47.9 Å². The van der Waals surface area contributed by atoms with Crippen LogP contribution in [-0.2, 0) is 16.1 Å². The zero-order chi connectivity index (χ0) is 24.4. The minimum Gasteiger partial charge on any atom is -0.492 e. The molecule has 1 aliphatic heterocycles. The van der Waals surface area contributed by atoms with E-state index in [4.69, 9.17) is 4.74 Å². The second-order valence-electron chi connectivity index (χ2n) is 9.00. The predicted molar refractivity (Wildman–Crippen MR) is 131 cm³/mol. The van der Waals surface area contributed by atoms with Crippen LogP contribution in [0.3, 0.4) is 0 Å². The third-order valence-corrected chi connectivity index (χ3v) is 5.71. The van der Waals surface area contributed by atoms with Crippen molar-refractivity contribution in [3.63, 3.8) is 0 Å². The normalized spacial score (nSPS) is 16.8. The van der Waals surface area contributed by atoms with Crippen LogP contribution in [-0.4, -0.2) is 69.6 Å². The fourth-order valence-corrected chi connectivity index (χ4v) is 3.62. The van der Waals surface area contributed by atoms with E-state index in [1.165, 1.54) is 0 Å². The molecule has 1 saturated heterocycles. The van der Waals surface area contributed by atoms with Crippen molar-refractivity contribution >= 4 is 35.4 Å². The molecule has 0 bridgehead atoms. The Kier molecular flexibility index (Phi) is 6.32. The molecular formula is C24H28N8O3. The Bertz CT molecular complexity index is 1280. The van der Waals surface area contributed by atoms with Crippen molar-refractivity contribution in [3.8, 4) is 5.75 Å². The summed E-state index contributed by atoms with van der Waals surface area (Å²) in [7, 11) is 4.03. The number of benzene rings is 1. The molecule has 1 saturated carbocycles. The fraction of sp³-hybridized carbons (Fsp3) is 0.375. The van der Waals surface area contributed by atoms with Gasteiger partial charge in [0, 0.05) is 30.3 Å². The maximum absolute atomic E-state index is 12.0. The van der Waals surface area contributed by atoms with Gasteiger partial charge >= 0.3 is 0 Å². The van der Waals surface area contributed by atoms with Crippen molar-refractivity contribution in [3.05, 3.63) is 47.2 Å². The van der Waals surface area contributed by atoms with Gasteiger partial charge in [-0.25, -0.2) is 0 Å². The van der Waals surface area contributed by atoms with E-state index in [0.717, 1.165) is 30.7 Å². The summed E-state index contributed by atoms with van der Waals surface area (Å²) in [6, 6.07) is 8.28. The van der Waals surface area contributed by atoms with E-state index in [2.05, 4.69) is 35.9 Å². The van der Waals surface area contributed by atoms with Crippen LogP contribution in [0.5, 0.6) is 5.75 Å². The minimum atomic E-state index is -0.382. The van der Waals surface area contributed by atoms with Crippen LogP contribution in [0.1, 0.15) is 30.4 Å². The predicted octanol–water partition coefficient (Wildman–Crippen LogP) is 1.68. The third-order valence-electron chi connectivity index (χ3n) is 5.71. The lowest BCUT2D eigenvalue weighted by Gasteiger charge is -2.12. The third kappa shape index (κ3) is 5.57. The maximum Gasteiger partial charge on any atom is 0.254 e. The number of fused-ring (bicyclic) bond motifs is 1. The standard InChI is InChI=1S/C24H28N8O3/c1-31(2)9-10-35-19-7-3-15(4-8-19)13-25-23-29-21-17(11-16-12-20(33)28-22(16)34)14-26-32(21)24(30-23)27-18-5-6-18/h3-4,7-8,11,14,18H,5-6,9-10,12-13H2,1-2H3,(H,28,33,34)(H2,25,27,29,30)/b16-11+. The molecule has 11 nitrogen and oxygen atoms in total. The second kappa shape index (κ2) is 9.71. The SMILES string of the molecule is CN(C)CCOc1ccc(CNc2nc(NC3CC3)n3ncc(/C=C4\CC(=O)NC4=O)c3n2)cc1. The molecule has 2 amide bonds. The Morgan fingerprint density at radius 2 is 2.00 bits per heavy atom. The highest BCUT2D eigenvalue weighted by Gasteiger charge is 2.26. The highest BCUT2D eigenvalue weighted by atomic mass is 16.5. The topological polar surface area (TPSA) is 126 Å². The number of anilines is 2. The lowest BCUT2D eigenvalue weighted by atomic mass is 10.1. The molecule has 0 spiro atoms. The molecular weight excluding hydrogens is 448 g/mol. The number of hydrogen-bond donors (Lipinski definition) is 3. The molecule has 182 valence electrons.